The molecular formula is C20H18ClF2N3OS. The first-order chi connectivity index (χ1) is 13.4. The summed E-state index contributed by atoms with van der Waals surface area (Å²) in [6.45, 7) is 0.602. The molecule has 1 aliphatic rings. The predicted octanol–water partition coefficient (Wildman–Crippen LogP) is 5.05. The van der Waals surface area contributed by atoms with E-state index in [1.54, 1.807) is 17.4 Å². The molecule has 0 radical (unpaired) electrons. The van der Waals surface area contributed by atoms with Gasteiger partial charge < -0.3 is 15.5 Å². The highest BCUT2D eigenvalue weighted by atomic mass is 35.5. The highest BCUT2D eigenvalue weighted by Crippen LogP contribution is 2.44. The molecule has 0 aromatic carbocycles. The van der Waals surface area contributed by atoms with Gasteiger partial charge >= 0.3 is 0 Å². The molecule has 0 spiro atoms. The quantitative estimate of drug-likeness (QED) is 0.431. The smallest absolute Gasteiger partial charge is 0.248 e. The zero-order chi connectivity index (χ0) is 19.9. The minimum absolute atomic E-state index is 0.197. The molecule has 28 heavy (non-hydrogen) atoms. The fraction of sp³-hybridized carbons (Fsp3) is 0.350. The Hall–Kier alpha value is -2.14. The summed E-state index contributed by atoms with van der Waals surface area (Å²) in [5, 5.41) is 5.58. The zero-order valence-electron chi connectivity index (χ0n) is 14.8. The number of pyridine rings is 1. The number of terminal acetylenes is 1. The van der Waals surface area contributed by atoms with Crippen LogP contribution in [0.25, 0.3) is 11.1 Å². The van der Waals surface area contributed by atoms with Crippen LogP contribution < -0.4 is 11.1 Å². The lowest BCUT2D eigenvalue weighted by Gasteiger charge is -2.38. The molecule has 1 aliphatic carbocycles. The number of fused-ring (bicyclic) bond motifs is 1. The summed E-state index contributed by atoms with van der Waals surface area (Å²) in [5.41, 5.74) is 8.26. The number of hydrogen-bond acceptors (Lipinski definition) is 5. The molecule has 1 saturated carbocycles. The van der Waals surface area contributed by atoms with Gasteiger partial charge in [-0.15, -0.1) is 17.8 Å². The normalized spacial score (nSPS) is 17.2. The molecule has 3 aromatic rings. The van der Waals surface area contributed by atoms with Crippen LogP contribution in [0.5, 0.6) is 0 Å². The van der Waals surface area contributed by atoms with Gasteiger partial charge in [0.2, 0.25) is 5.92 Å². The van der Waals surface area contributed by atoms with Crippen LogP contribution in [-0.2, 0) is 13.0 Å². The lowest BCUT2D eigenvalue weighted by atomic mass is 9.75. The van der Waals surface area contributed by atoms with Crippen molar-refractivity contribution in [1.82, 2.24) is 4.98 Å². The van der Waals surface area contributed by atoms with E-state index >= 15 is 0 Å². The third-order valence-electron chi connectivity index (χ3n) is 5.01. The van der Waals surface area contributed by atoms with E-state index in [1.807, 2.05) is 17.5 Å². The van der Waals surface area contributed by atoms with E-state index < -0.39 is 12.0 Å². The molecule has 4 rings (SSSR count). The largest absolute Gasteiger partial charge is 0.456 e. The molecule has 0 unspecified atom stereocenters. The fourth-order valence-electron chi connectivity index (χ4n) is 3.49. The van der Waals surface area contributed by atoms with Crippen molar-refractivity contribution in [2.24, 2.45) is 11.7 Å². The van der Waals surface area contributed by atoms with Crippen LogP contribution in [0.3, 0.4) is 0 Å². The van der Waals surface area contributed by atoms with Crippen LogP contribution in [0, 0.1) is 18.3 Å². The first-order valence-corrected chi connectivity index (χ1v) is 10.1. The van der Waals surface area contributed by atoms with E-state index in [4.69, 9.17) is 28.2 Å². The Bertz CT molecular complexity index is 1030. The number of thiophene rings is 1. The Kier molecular flexibility index (Phi) is 5.04. The molecule has 146 valence electrons. The standard InChI is InChI=1S/C20H18ClF2N3OS/c1-2-13-16(6-14(24)11-8-20(22,23)9-11)27-19-15(7-17(21)26-18(13)19)25-10-12-4-3-5-28-12/h1,3-5,7,11,14H,6,8-10,24H2,(H,25,26)/t14-/m1/s1. The molecule has 8 heteroatoms. The lowest BCUT2D eigenvalue weighted by molar-refractivity contribution is -0.116. The highest BCUT2D eigenvalue weighted by molar-refractivity contribution is 7.09. The Morgan fingerprint density at radius 3 is 2.93 bits per heavy atom. The van der Waals surface area contributed by atoms with Gasteiger partial charge in [0, 0.05) is 42.8 Å². The molecule has 0 aliphatic heterocycles. The third kappa shape index (κ3) is 3.72. The highest BCUT2D eigenvalue weighted by Gasteiger charge is 2.47. The van der Waals surface area contributed by atoms with E-state index in [2.05, 4.69) is 16.2 Å². The van der Waals surface area contributed by atoms with Crippen molar-refractivity contribution in [3.8, 4) is 12.3 Å². The summed E-state index contributed by atoms with van der Waals surface area (Å²) < 4.78 is 32.3. The summed E-state index contributed by atoms with van der Waals surface area (Å²) in [4.78, 5) is 5.46. The van der Waals surface area contributed by atoms with Crippen LogP contribution in [0.1, 0.15) is 29.0 Å². The molecule has 1 atom stereocenters. The number of aromatic nitrogens is 1. The maximum absolute atomic E-state index is 13.2. The second-order valence-corrected chi connectivity index (χ2v) is 8.46. The van der Waals surface area contributed by atoms with Gasteiger partial charge in [-0.25, -0.2) is 13.8 Å². The Labute approximate surface area is 170 Å². The number of alkyl halides is 2. The minimum Gasteiger partial charge on any atom is -0.456 e. The second-order valence-electron chi connectivity index (χ2n) is 7.04. The monoisotopic (exact) mass is 421 g/mol. The molecule has 3 N–H and O–H groups in total. The number of nitrogens with two attached hydrogens (primary N) is 1. The number of nitrogens with one attached hydrogen (secondary N) is 1. The summed E-state index contributed by atoms with van der Waals surface area (Å²) in [6, 6.07) is 5.22. The zero-order valence-corrected chi connectivity index (χ0v) is 16.4. The Balaban J connectivity index is 1.62. The summed E-state index contributed by atoms with van der Waals surface area (Å²) in [6.07, 6.45) is 5.56. The van der Waals surface area contributed by atoms with Gasteiger partial charge in [-0.05, 0) is 17.4 Å². The SMILES string of the molecule is C#Cc1c(C[C@@H](N)C2CC(F)(F)C2)oc2c(NCc3cccs3)cc(Cl)nc12. The first-order valence-electron chi connectivity index (χ1n) is 8.84. The molecule has 0 amide bonds. The van der Waals surface area contributed by atoms with E-state index in [-0.39, 0.29) is 30.3 Å². The fourth-order valence-corrected chi connectivity index (χ4v) is 4.33. The van der Waals surface area contributed by atoms with E-state index in [9.17, 15) is 8.78 Å². The van der Waals surface area contributed by atoms with Crippen LogP contribution in [0.4, 0.5) is 14.5 Å². The van der Waals surface area contributed by atoms with Crippen LogP contribution in [-0.4, -0.2) is 16.9 Å². The minimum atomic E-state index is -2.61. The molecule has 3 heterocycles. The predicted molar refractivity (Wildman–Crippen MR) is 108 cm³/mol. The average molecular weight is 422 g/mol. The van der Waals surface area contributed by atoms with Crippen LogP contribution in [0.2, 0.25) is 5.15 Å². The maximum atomic E-state index is 13.2. The third-order valence-corrected chi connectivity index (χ3v) is 6.08. The van der Waals surface area contributed by atoms with Gasteiger partial charge in [0.05, 0.1) is 11.3 Å². The molecule has 1 fully saturated rings. The maximum Gasteiger partial charge on any atom is 0.248 e. The number of halogens is 3. The summed E-state index contributed by atoms with van der Waals surface area (Å²) in [5.74, 6) is 0.215. The number of hydrogen-bond donors (Lipinski definition) is 2. The summed E-state index contributed by atoms with van der Waals surface area (Å²) in [7, 11) is 0. The topological polar surface area (TPSA) is 64.1 Å². The Morgan fingerprint density at radius 2 is 2.29 bits per heavy atom. The van der Waals surface area contributed by atoms with Gasteiger partial charge in [-0.2, -0.15) is 0 Å². The van der Waals surface area contributed by atoms with Crippen LogP contribution >= 0.6 is 22.9 Å². The molecule has 0 bridgehead atoms. The first kappa shape index (κ1) is 19.2. The molecule has 4 nitrogen and oxygen atoms in total. The van der Waals surface area contributed by atoms with Crippen molar-refractivity contribution in [3.63, 3.8) is 0 Å². The molecular weight excluding hydrogens is 404 g/mol. The van der Waals surface area contributed by atoms with Gasteiger partial charge in [0.25, 0.3) is 0 Å². The van der Waals surface area contributed by atoms with Crippen molar-refractivity contribution in [1.29, 1.82) is 0 Å². The number of furan rings is 1. The molecule has 3 aromatic heterocycles. The lowest BCUT2D eigenvalue weighted by Crippen LogP contribution is -2.46. The van der Waals surface area contributed by atoms with Crippen LogP contribution in [0.15, 0.2) is 28.0 Å². The number of rotatable bonds is 6. The van der Waals surface area contributed by atoms with Crippen molar-refractivity contribution in [2.45, 2.75) is 37.8 Å². The van der Waals surface area contributed by atoms with Gasteiger partial charge in [-0.3, -0.25) is 0 Å². The van der Waals surface area contributed by atoms with Crippen molar-refractivity contribution in [2.75, 3.05) is 5.32 Å². The van der Waals surface area contributed by atoms with Crippen molar-refractivity contribution >= 4 is 39.7 Å². The van der Waals surface area contributed by atoms with E-state index in [1.165, 1.54) is 0 Å². The van der Waals surface area contributed by atoms with Gasteiger partial charge in [-0.1, -0.05) is 23.6 Å². The number of anilines is 1. The number of nitrogens with zero attached hydrogens (tertiary/aromatic N) is 1. The van der Waals surface area contributed by atoms with Gasteiger partial charge in [0.15, 0.2) is 5.58 Å². The average Bonchev–Trinajstić information content (AvgIpc) is 3.24. The Morgan fingerprint density at radius 1 is 1.50 bits per heavy atom. The van der Waals surface area contributed by atoms with Crippen molar-refractivity contribution in [3.05, 3.63) is 44.9 Å². The van der Waals surface area contributed by atoms with E-state index in [0.717, 1.165) is 4.88 Å². The molecule has 0 saturated heterocycles. The van der Waals surface area contributed by atoms with Gasteiger partial charge in [0.1, 0.15) is 16.4 Å². The van der Waals surface area contributed by atoms with E-state index in [0.29, 0.717) is 34.7 Å². The second kappa shape index (κ2) is 7.36. The summed E-state index contributed by atoms with van der Waals surface area (Å²) >= 11 is 7.81. The van der Waals surface area contributed by atoms with Crippen molar-refractivity contribution < 1.29 is 13.2 Å².